The molecule has 2 amide bonds. The molecule has 0 aromatic rings. The zero-order valence-corrected chi connectivity index (χ0v) is 19.2. The van der Waals surface area contributed by atoms with Gasteiger partial charge in [0.05, 0.1) is 12.6 Å². The number of carbonyl (C=O) groups excluding carboxylic acids is 2. The SMILES string of the molecule is CN=C(NCC(=O)NC1CCCCC1)NC1CN(C(=O)OC(C)(C)C)C1.I. The summed E-state index contributed by atoms with van der Waals surface area (Å²) < 4.78 is 5.33. The maximum atomic E-state index is 12.0. The summed E-state index contributed by atoms with van der Waals surface area (Å²) in [6.45, 7) is 6.87. The normalized spacial score (nSPS) is 18.8. The topological polar surface area (TPSA) is 95.1 Å². The lowest BCUT2D eigenvalue weighted by molar-refractivity contribution is -0.120. The highest BCUT2D eigenvalue weighted by molar-refractivity contribution is 14.0. The van der Waals surface area contributed by atoms with Gasteiger partial charge in [-0.1, -0.05) is 19.3 Å². The van der Waals surface area contributed by atoms with Crippen LogP contribution in [0.2, 0.25) is 0 Å². The largest absolute Gasteiger partial charge is 0.444 e. The van der Waals surface area contributed by atoms with E-state index < -0.39 is 5.60 Å². The molecule has 0 aromatic heterocycles. The lowest BCUT2D eigenvalue weighted by Gasteiger charge is -2.40. The van der Waals surface area contributed by atoms with Crippen molar-refractivity contribution in [1.29, 1.82) is 0 Å². The van der Waals surface area contributed by atoms with Crippen LogP contribution < -0.4 is 16.0 Å². The first kappa shape index (κ1) is 23.8. The van der Waals surface area contributed by atoms with Crippen LogP contribution in [0.25, 0.3) is 0 Å². The third kappa shape index (κ3) is 8.52. The summed E-state index contributed by atoms with van der Waals surface area (Å²) in [6, 6.07) is 0.414. The van der Waals surface area contributed by atoms with Crippen molar-refractivity contribution in [1.82, 2.24) is 20.9 Å². The molecule has 1 heterocycles. The van der Waals surface area contributed by atoms with Crippen LogP contribution in [0.4, 0.5) is 4.79 Å². The summed E-state index contributed by atoms with van der Waals surface area (Å²) >= 11 is 0. The fraction of sp³-hybridized carbons (Fsp3) is 0.833. The van der Waals surface area contributed by atoms with Gasteiger partial charge in [0.1, 0.15) is 5.60 Å². The van der Waals surface area contributed by atoms with Crippen LogP contribution >= 0.6 is 24.0 Å². The van der Waals surface area contributed by atoms with E-state index in [1.807, 2.05) is 20.8 Å². The highest BCUT2D eigenvalue weighted by atomic mass is 127. The van der Waals surface area contributed by atoms with Gasteiger partial charge in [-0.2, -0.15) is 0 Å². The molecular formula is C18H34IN5O3. The Balaban J connectivity index is 0.00000364. The van der Waals surface area contributed by atoms with Crippen LogP contribution in [0.3, 0.4) is 0 Å². The van der Waals surface area contributed by atoms with Gasteiger partial charge in [-0.3, -0.25) is 9.79 Å². The van der Waals surface area contributed by atoms with Crippen LogP contribution in [0.15, 0.2) is 4.99 Å². The fourth-order valence-corrected chi connectivity index (χ4v) is 3.12. The second-order valence-corrected chi connectivity index (χ2v) is 8.05. The first-order chi connectivity index (χ1) is 12.3. The first-order valence-electron chi connectivity index (χ1n) is 9.51. The molecule has 1 saturated heterocycles. The number of halogens is 1. The van der Waals surface area contributed by atoms with Crippen molar-refractivity contribution in [2.24, 2.45) is 4.99 Å². The molecule has 8 nitrogen and oxygen atoms in total. The van der Waals surface area contributed by atoms with Crippen molar-refractivity contribution in [2.45, 2.75) is 70.6 Å². The number of carbonyl (C=O) groups is 2. The molecule has 2 aliphatic rings. The average molecular weight is 495 g/mol. The number of amides is 2. The number of nitrogens with zero attached hydrogens (tertiary/aromatic N) is 2. The molecule has 0 aromatic carbocycles. The Morgan fingerprint density at radius 2 is 1.70 bits per heavy atom. The van der Waals surface area contributed by atoms with Crippen LogP contribution in [0.5, 0.6) is 0 Å². The molecule has 0 unspecified atom stereocenters. The van der Waals surface area contributed by atoms with Gasteiger partial charge in [-0.05, 0) is 33.6 Å². The van der Waals surface area contributed by atoms with Gasteiger partial charge in [0.2, 0.25) is 5.91 Å². The van der Waals surface area contributed by atoms with E-state index in [4.69, 9.17) is 4.74 Å². The molecule has 1 aliphatic heterocycles. The summed E-state index contributed by atoms with van der Waals surface area (Å²) in [7, 11) is 1.67. The molecule has 156 valence electrons. The minimum Gasteiger partial charge on any atom is -0.444 e. The van der Waals surface area contributed by atoms with Crippen molar-refractivity contribution < 1.29 is 14.3 Å². The Hall–Kier alpha value is -1.26. The second kappa shape index (κ2) is 10.9. The predicted molar refractivity (Wildman–Crippen MR) is 117 cm³/mol. The smallest absolute Gasteiger partial charge is 0.410 e. The Morgan fingerprint density at radius 3 is 2.26 bits per heavy atom. The standard InChI is InChI=1S/C18H33N5O3.HI/c1-18(2,3)26-17(25)23-11-14(12-23)22-16(19-4)20-10-15(24)21-13-8-6-5-7-9-13;/h13-14H,5-12H2,1-4H3,(H,21,24)(H2,19,20,22);1H. The van der Waals surface area contributed by atoms with Gasteiger partial charge in [0.15, 0.2) is 5.96 Å². The van der Waals surface area contributed by atoms with E-state index in [2.05, 4.69) is 20.9 Å². The Morgan fingerprint density at radius 1 is 1.07 bits per heavy atom. The number of aliphatic imine (C=N–C) groups is 1. The van der Waals surface area contributed by atoms with E-state index in [0.29, 0.717) is 25.1 Å². The molecule has 27 heavy (non-hydrogen) atoms. The second-order valence-electron chi connectivity index (χ2n) is 8.05. The van der Waals surface area contributed by atoms with Crippen LogP contribution in [0.1, 0.15) is 52.9 Å². The third-order valence-electron chi connectivity index (χ3n) is 4.48. The predicted octanol–water partition coefficient (Wildman–Crippen LogP) is 1.84. The number of rotatable bonds is 4. The van der Waals surface area contributed by atoms with Gasteiger partial charge in [-0.15, -0.1) is 24.0 Å². The molecule has 2 rings (SSSR count). The number of guanidine groups is 1. The van der Waals surface area contributed by atoms with Crippen molar-refractivity contribution >= 4 is 41.9 Å². The van der Waals surface area contributed by atoms with Crippen LogP contribution in [-0.4, -0.2) is 67.2 Å². The number of hydrogen-bond donors (Lipinski definition) is 3. The van der Waals surface area contributed by atoms with Crippen molar-refractivity contribution in [3.63, 3.8) is 0 Å². The maximum absolute atomic E-state index is 12.0. The fourth-order valence-electron chi connectivity index (χ4n) is 3.12. The molecule has 0 bridgehead atoms. The number of hydrogen-bond acceptors (Lipinski definition) is 4. The Bertz CT molecular complexity index is 524. The van der Waals surface area contributed by atoms with Gasteiger partial charge in [0.25, 0.3) is 0 Å². The van der Waals surface area contributed by atoms with Crippen LogP contribution in [0, 0.1) is 0 Å². The van der Waals surface area contributed by atoms with E-state index in [-0.39, 0.29) is 48.6 Å². The monoisotopic (exact) mass is 495 g/mol. The van der Waals surface area contributed by atoms with Crippen molar-refractivity contribution in [2.75, 3.05) is 26.7 Å². The lowest BCUT2D eigenvalue weighted by atomic mass is 9.95. The number of ether oxygens (including phenoxy) is 1. The zero-order valence-electron chi connectivity index (χ0n) is 16.8. The molecule has 1 aliphatic carbocycles. The average Bonchev–Trinajstić information content (AvgIpc) is 2.52. The van der Waals surface area contributed by atoms with Gasteiger partial charge in [0, 0.05) is 26.2 Å². The van der Waals surface area contributed by atoms with Gasteiger partial charge in [-0.25, -0.2) is 4.79 Å². The summed E-state index contributed by atoms with van der Waals surface area (Å²) in [6.07, 6.45) is 5.49. The Labute approximate surface area is 179 Å². The highest BCUT2D eigenvalue weighted by Crippen LogP contribution is 2.17. The molecule has 3 N–H and O–H groups in total. The van der Waals surface area contributed by atoms with E-state index in [0.717, 1.165) is 12.8 Å². The van der Waals surface area contributed by atoms with E-state index in [1.165, 1.54) is 19.3 Å². The van der Waals surface area contributed by atoms with E-state index in [9.17, 15) is 9.59 Å². The lowest BCUT2D eigenvalue weighted by Crippen LogP contribution is -2.63. The number of likely N-dealkylation sites (tertiary alicyclic amines) is 1. The van der Waals surface area contributed by atoms with Crippen LogP contribution in [-0.2, 0) is 9.53 Å². The minimum atomic E-state index is -0.487. The third-order valence-corrected chi connectivity index (χ3v) is 4.48. The molecule has 0 atom stereocenters. The molecule has 2 fully saturated rings. The molecular weight excluding hydrogens is 461 g/mol. The first-order valence-corrected chi connectivity index (χ1v) is 9.51. The van der Waals surface area contributed by atoms with E-state index in [1.54, 1.807) is 11.9 Å². The van der Waals surface area contributed by atoms with Gasteiger partial charge < -0.3 is 25.6 Å². The maximum Gasteiger partial charge on any atom is 0.410 e. The van der Waals surface area contributed by atoms with Crippen molar-refractivity contribution in [3.05, 3.63) is 0 Å². The van der Waals surface area contributed by atoms with E-state index >= 15 is 0 Å². The summed E-state index contributed by atoms with van der Waals surface area (Å²) in [5, 5.41) is 9.32. The summed E-state index contributed by atoms with van der Waals surface area (Å²) in [5.74, 6) is 0.557. The zero-order chi connectivity index (χ0) is 19.2. The molecule has 1 saturated carbocycles. The number of nitrogens with one attached hydrogen (secondary N) is 3. The Kier molecular flexibility index (Phi) is 9.61. The van der Waals surface area contributed by atoms with Crippen molar-refractivity contribution in [3.8, 4) is 0 Å². The highest BCUT2D eigenvalue weighted by Gasteiger charge is 2.34. The summed E-state index contributed by atoms with van der Waals surface area (Å²) in [4.78, 5) is 29.8. The van der Waals surface area contributed by atoms with Gasteiger partial charge >= 0.3 is 6.09 Å². The molecule has 0 radical (unpaired) electrons. The minimum absolute atomic E-state index is 0. The summed E-state index contributed by atoms with van der Waals surface area (Å²) in [5.41, 5.74) is -0.487. The molecule has 0 spiro atoms. The molecule has 9 heteroatoms. The quantitative estimate of drug-likeness (QED) is 0.315.